The summed E-state index contributed by atoms with van der Waals surface area (Å²) in [7, 11) is 1.46. The molecule has 2 aromatic heterocycles. The van der Waals surface area contributed by atoms with Gasteiger partial charge in [0, 0.05) is 6.20 Å². The molecule has 0 radical (unpaired) electrons. The van der Waals surface area contributed by atoms with Crippen molar-refractivity contribution >= 4 is 34.4 Å². The predicted octanol–water partition coefficient (Wildman–Crippen LogP) is 2.94. The van der Waals surface area contributed by atoms with Crippen LogP contribution in [0.2, 0.25) is 5.02 Å². The summed E-state index contributed by atoms with van der Waals surface area (Å²) < 4.78 is 5.06. The molecule has 1 aromatic carbocycles. The van der Waals surface area contributed by atoms with Crippen LogP contribution in [0.3, 0.4) is 0 Å². The number of nitrogens with zero attached hydrogens (tertiary/aromatic N) is 3. The highest BCUT2D eigenvalue weighted by Crippen LogP contribution is 2.21. The van der Waals surface area contributed by atoms with Crippen molar-refractivity contribution in [2.24, 2.45) is 0 Å². The average molecular weight is 315 g/mol. The Bertz CT molecular complexity index is 854. The summed E-state index contributed by atoms with van der Waals surface area (Å²) in [6, 6.07) is 8.55. The van der Waals surface area contributed by atoms with Crippen molar-refractivity contribution in [1.29, 1.82) is 0 Å². The molecule has 0 aliphatic carbocycles. The lowest BCUT2D eigenvalue weighted by molar-refractivity contribution is 0.102. The van der Waals surface area contributed by atoms with Crippen molar-refractivity contribution < 1.29 is 9.53 Å². The summed E-state index contributed by atoms with van der Waals surface area (Å²) >= 11 is 6.04. The molecule has 7 heteroatoms. The van der Waals surface area contributed by atoms with E-state index < -0.39 is 0 Å². The van der Waals surface area contributed by atoms with Gasteiger partial charge in [0.2, 0.25) is 5.88 Å². The maximum Gasteiger partial charge on any atom is 0.262 e. The first-order valence-corrected chi connectivity index (χ1v) is 6.78. The third-order valence-electron chi connectivity index (χ3n) is 2.97. The van der Waals surface area contributed by atoms with Crippen molar-refractivity contribution in [1.82, 2.24) is 15.0 Å². The molecule has 0 saturated heterocycles. The summed E-state index contributed by atoms with van der Waals surface area (Å²) in [6.07, 6.45) is 3.00. The molecule has 3 rings (SSSR count). The van der Waals surface area contributed by atoms with E-state index in [4.69, 9.17) is 16.3 Å². The zero-order valence-electron chi connectivity index (χ0n) is 11.6. The number of rotatable bonds is 3. The quantitative estimate of drug-likeness (QED) is 0.804. The van der Waals surface area contributed by atoms with Gasteiger partial charge in [-0.3, -0.25) is 4.79 Å². The standard InChI is InChI=1S/C15H11ClN4O2/c1-22-15-9(4-3-7-17-15)14(21)20-12-8-18-13-10(16)5-2-6-11(13)19-12/h2-8H,1H3,(H,19,20,21). The van der Waals surface area contributed by atoms with Gasteiger partial charge in [-0.1, -0.05) is 17.7 Å². The van der Waals surface area contributed by atoms with E-state index in [9.17, 15) is 4.79 Å². The molecule has 3 aromatic rings. The molecule has 0 spiro atoms. The Morgan fingerprint density at radius 3 is 2.91 bits per heavy atom. The minimum atomic E-state index is -0.374. The predicted molar refractivity (Wildman–Crippen MR) is 83.3 cm³/mol. The molecule has 22 heavy (non-hydrogen) atoms. The van der Waals surface area contributed by atoms with Crippen LogP contribution in [-0.4, -0.2) is 28.0 Å². The van der Waals surface area contributed by atoms with Crippen molar-refractivity contribution in [3.05, 3.63) is 53.3 Å². The molecule has 0 saturated carbocycles. The largest absolute Gasteiger partial charge is 0.480 e. The highest BCUT2D eigenvalue weighted by molar-refractivity contribution is 6.34. The van der Waals surface area contributed by atoms with Crippen LogP contribution in [-0.2, 0) is 0 Å². The van der Waals surface area contributed by atoms with E-state index in [2.05, 4.69) is 20.3 Å². The number of aromatic nitrogens is 3. The second-order valence-electron chi connectivity index (χ2n) is 4.38. The molecule has 0 aliphatic rings. The molecule has 1 amide bonds. The number of carbonyl (C=O) groups is 1. The Hall–Kier alpha value is -2.73. The molecular formula is C15H11ClN4O2. The van der Waals surface area contributed by atoms with Gasteiger partial charge in [0.1, 0.15) is 11.1 Å². The maximum atomic E-state index is 12.3. The number of pyridine rings is 1. The fraction of sp³-hybridized carbons (Fsp3) is 0.0667. The van der Waals surface area contributed by atoms with Gasteiger partial charge in [-0.2, -0.15) is 0 Å². The van der Waals surface area contributed by atoms with Gasteiger partial charge in [-0.15, -0.1) is 0 Å². The lowest BCUT2D eigenvalue weighted by Gasteiger charge is -2.08. The van der Waals surface area contributed by atoms with Crippen LogP contribution in [0.15, 0.2) is 42.7 Å². The first kappa shape index (κ1) is 14.2. The van der Waals surface area contributed by atoms with Gasteiger partial charge in [-0.25, -0.2) is 15.0 Å². The number of methoxy groups -OCH3 is 1. The minimum Gasteiger partial charge on any atom is -0.480 e. The minimum absolute atomic E-state index is 0.247. The van der Waals surface area contributed by atoms with Crippen LogP contribution < -0.4 is 10.1 Å². The number of nitrogens with one attached hydrogen (secondary N) is 1. The van der Waals surface area contributed by atoms with Crippen LogP contribution in [0.4, 0.5) is 5.82 Å². The van der Waals surface area contributed by atoms with E-state index in [1.54, 1.807) is 36.5 Å². The molecule has 0 aliphatic heterocycles. The first-order valence-electron chi connectivity index (χ1n) is 6.40. The van der Waals surface area contributed by atoms with E-state index in [-0.39, 0.29) is 11.8 Å². The Balaban J connectivity index is 1.91. The van der Waals surface area contributed by atoms with Crippen molar-refractivity contribution in [2.75, 3.05) is 12.4 Å². The molecule has 110 valence electrons. The van der Waals surface area contributed by atoms with Crippen molar-refractivity contribution in [3.8, 4) is 5.88 Å². The number of halogens is 1. The van der Waals surface area contributed by atoms with Crippen LogP contribution in [0.1, 0.15) is 10.4 Å². The molecule has 0 fully saturated rings. The Labute approximate surface area is 131 Å². The van der Waals surface area contributed by atoms with Gasteiger partial charge >= 0.3 is 0 Å². The molecule has 1 N–H and O–H groups in total. The van der Waals surface area contributed by atoms with E-state index >= 15 is 0 Å². The number of para-hydroxylation sites is 1. The topological polar surface area (TPSA) is 77.0 Å². The third kappa shape index (κ3) is 2.68. The van der Waals surface area contributed by atoms with Crippen LogP contribution in [0, 0.1) is 0 Å². The van der Waals surface area contributed by atoms with Crippen LogP contribution in [0.5, 0.6) is 5.88 Å². The monoisotopic (exact) mass is 314 g/mol. The number of benzene rings is 1. The highest BCUT2D eigenvalue weighted by Gasteiger charge is 2.14. The molecule has 0 unspecified atom stereocenters. The van der Waals surface area contributed by atoms with Crippen LogP contribution in [0.25, 0.3) is 11.0 Å². The fourth-order valence-electron chi connectivity index (χ4n) is 1.98. The summed E-state index contributed by atoms with van der Waals surface area (Å²) in [5, 5.41) is 3.18. The molecular weight excluding hydrogens is 304 g/mol. The highest BCUT2D eigenvalue weighted by atomic mass is 35.5. The normalized spacial score (nSPS) is 10.5. The number of fused-ring (bicyclic) bond motifs is 1. The van der Waals surface area contributed by atoms with E-state index in [0.29, 0.717) is 27.4 Å². The van der Waals surface area contributed by atoms with Gasteiger partial charge in [0.25, 0.3) is 5.91 Å². The summed E-state index contributed by atoms with van der Waals surface area (Å²) in [5.41, 5.74) is 1.50. The molecule has 6 nitrogen and oxygen atoms in total. The van der Waals surface area contributed by atoms with Crippen LogP contribution >= 0.6 is 11.6 Å². The maximum absolute atomic E-state index is 12.3. The van der Waals surface area contributed by atoms with E-state index in [1.165, 1.54) is 13.3 Å². The van der Waals surface area contributed by atoms with Gasteiger partial charge in [0.15, 0.2) is 5.82 Å². The second-order valence-corrected chi connectivity index (χ2v) is 4.78. The average Bonchev–Trinajstić information content (AvgIpc) is 2.55. The number of carbonyl (C=O) groups excluding carboxylic acids is 1. The van der Waals surface area contributed by atoms with Gasteiger partial charge in [-0.05, 0) is 24.3 Å². The fourth-order valence-corrected chi connectivity index (χ4v) is 2.19. The summed E-state index contributed by atoms with van der Waals surface area (Å²) in [5.74, 6) is 0.197. The number of amides is 1. The Kier molecular flexibility index (Phi) is 3.84. The van der Waals surface area contributed by atoms with Crippen molar-refractivity contribution in [2.45, 2.75) is 0 Å². The number of hydrogen-bond donors (Lipinski definition) is 1. The number of anilines is 1. The first-order chi connectivity index (χ1) is 10.7. The molecule has 0 bridgehead atoms. The lowest BCUT2D eigenvalue weighted by atomic mass is 10.2. The SMILES string of the molecule is COc1ncccc1C(=O)Nc1cnc2c(Cl)cccc2n1. The van der Waals surface area contributed by atoms with Gasteiger partial charge in [0.05, 0.1) is 23.8 Å². The zero-order chi connectivity index (χ0) is 15.5. The number of ether oxygens (including phenoxy) is 1. The summed E-state index contributed by atoms with van der Waals surface area (Å²) in [6.45, 7) is 0. The molecule has 2 heterocycles. The van der Waals surface area contributed by atoms with E-state index in [1.807, 2.05) is 0 Å². The Morgan fingerprint density at radius 1 is 1.23 bits per heavy atom. The van der Waals surface area contributed by atoms with Crippen molar-refractivity contribution in [3.63, 3.8) is 0 Å². The third-order valence-corrected chi connectivity index (χ3v) is 3.28. The summed E-state index contributed by atoms with van der Waals surface area (Å²) in [4.78, 5) is 24.8. The van der Waals surface area contributed by atoms with E-state index in [0.717, 1.165) is 0 Å². The zero-order valence-corrected chi connectivity index (χ0v) is 12.3. The smallest absolute Gasteiger partial charge is 0.262 e. The Morgan fingerprint density at radius 2 is 2.09 bits per heavy atom. The lowest BCUT2D eigenvalue weighted by Crippen LogP contribution is -2.15. The molecule has 0 atom stereocenters. The van der Waals surface area contributed by atoms with Gasteiger partial charge < -0.3 is 10.1 Å². The number of hydrogen-bond acceptors (Lipinski definition) is 5. The second kappa shape index (κ2) is 5.95.